The fourth-order valence-electron chi connectivity index (χ4n) is 1.24. The first-order valence-electron chi connectivity index (χ1n) is 4.71. The van der Waals surface area contributed by atoms with Gasteiger partial charge in [-0.05, 0) is 12.1 Å². The van der Waals surface area contributed by atoms with Gasteiger partial charge in [0.1, 0.15) is 16.3 Å². The molecule has 1 rings (SSSR count). The van der Waals surface area contributed by atoms with Crippen LogP contribution in [0, 0.1) is 0 Å². The van der Waals surface area contributed by atoms with Crippen LogP contribution >= 0.6 is 16.3 Å². The number of carboxylic acids is 2. The second-order valence-electron chi connectivity index (χ2n) is 3.35. The topological polar surface area (TPSA) is 116 Å². The fourth-order valence-corrected chi connectivity index (χ4v) is 1.64. The molecule has 1 aromatic rings. The first-order chi connectivity index (χ1) is 8.44. The SMILES string of the molecule is O=C(O)C(O)C(Nc1ccccc1)(OBr)C(=O)O. The van der Waals surface area contributed by atoms with Crippen molar-refractivity contribution >= 4 is 33.9 Å². The minimum Gasteiger partial charge on any atom is -0.479 e. The zero-order valence-corrected chi connectivity index (χ0v) is 10.5. The van der Waals surface area contributed by atoms with E-state index in [4.69, 9.17) is 10.2 Å². The summed E-state index contributed by atoms with van der Waals surface area (Å²) < 4.78 is 4.50. The van der Waals surface area contributed by atoms with Crippen molar-refractivity contribution in [1.29, 1.82) is 0 Å². The molecule has 1 aromatic carbocycles. The smallest absolute Gasteiger partial charge is 0.361 e. The molecule has 0 heterocycles. The zero-order valence-electron chi connectivity index (χ0n) is 8.91. The highest BCUT2D eigenvalue weighted by molar-refractivity contribution is 9.06. The van der Waals surface area contributed by atoms with E-state index in [0.29, 0.717) is 0 Å². The molecule has 0 fully saturated rings. The van der Waals surface area contributed by atoms with E-state index >= 15 is 0 Å². The Morgan fingerprint density at radius 1 is 1.28 bits per heavy atom. The van der Waals surface area contributed by atoms with E-state index < -0.39 is 23.8 Å². The van der Waals surface area contributed by atoms with Crippen LogP contribution in [0.3, 0.4) is 0 Å². The van der Waals surface area contributed by atoms with E-state index in [9.17, 15) is 14.7 Å². The zero-order chi connectivity index (χ0) is 13.8. The maximum Gasteiger partial charge on any atom is 0.361 e. The Morgan fingerprint density at radius 3 is 2.22 bits per heavy atom. The molecule has 2 unspecified atom stereocenters. The van der Waals surface area contributed by atoms with Crippen LogP contribution in [0.4, 0.5) is 5.69 Å². The number of benzene rings is 1. The molecule has 0 radical (unpaired) electrons. The molecular formula is C10H10BrNO6. The quantitative estimate of drug-likeness (QED) is 0.569. The normalized spacial score (nSPS) is 15.4. The first kappa shape index (κ1) is 14.4. The van der Waals surface area contributed by atoms with Crippen molar-refractivity contribution in [3.8, 4) is 0 Å². The number of hydrogen-bond acceptors (Lipinski definition) is 5. The standard InChI is InChI=1S/C10H10BrNO6/c11-18-10(9(16)17,7(13)8(14)15)12-6-4-2-1-3-5-6/h1-5,7,12-13H,(H,14,15)(H,16,17). The lowest BCUT2D eigenvalue weighted by atomic mass is 10.1. The van der Waals surface area contributed by atoms with Gasteiger partial charge in [0.2, 0.25) is 6.10 Å². The molecule has 0 amide bonds. The van der Waals surface area contributed by atoms with Crippen molar-refractivity contribution in [2.45, 2.75) is 11.8 Å². The van der Waals surface area contributed by atoms with Crippen LogP contribution in [0.1, 0.15) is 0 Å². The van der Waals surface area contributed by atoms with Gasteiger partial charge in [-0.1, -0.05) is 18.2 Å². The number of aliphatic hydroxyl groups is 1. The van der Waals surface area contributed by atoms with Gasteiger partial charge in [0, 0.05) is 5.69 Å². The second kappa shape index (κ2) is 5.80. The Morgan fingerprint density at radius 2 is 1.83 bits per heavy atom. The monoisotopic (exact) mass is 319 g/mol. The Balaban J connectivity index is 3.12. The average Bonchev–Trinajstić information content (AvgIpc) is 2.36. The third-order valence-corrected chi connectivity index (χ3v) is 2.67. The fraction of sp³-hybridized carbons (Fsp3) is 0.200. The highest BCUT2D eigenvalue weighted by Crippen LogP contribution is 2.23. The number of anilines is 1. The van der Waals surface area contributed by atoms with Gasteiger partial charge in [-0.3, -0.25) is 3.83 Å². The molecular weight excluding hydrogens is 310 g/mol. The molecule has 7 nitrogen and oxygen atoms in total. The number of halogens is 1. The summed E-state index contributed by atoms with van der Waals surface area (Å²) in [5.41, 5.74) is -2.26. The predicted octanol–water partition coefficient (Wildman–Crippen LogP) is 0.651. The molecule has 0 aliphatic heterocycles. The Labute approximate surface area is 110 Å². The maximum atomic E-state index is 11.2. The average molecular weight is 320 g/mol. The number of nitrogens with one attached hydrogen (secondary N) is 1. The highest BCUT2D eigenvalue weighted by atomic mass is 79.9. The van der Waals surface area contributed by atoms with Crippen molar-refractivity contribution in [1.82, 2.24) is 0 Å². The number of rotatable bonds is 6. The minimum absolute atomic E-state index is 0.277. The Bertz CT molecular complexity index is 439. The van der Waals surface area contributed by atoms with E-state index in [0.717, 1.165) is 0 Å². The first-order valence-corrected chi connectivity index (χ1v) is 5.36. The number of aliphatic carboxylic acids is 2. The van der Waals surface area contributed by atoms with Gasteiger partial charge in [-0.25, -0.2) is 9.59 Å². The van der Waals surface area contributed by atoms with Crippen molar-refractivity contribution in [2.24, 2.45) is 0 Å². The van der Waals surface area contributed by atoms with Gasteiger partial charge in [-0.2, -0.15) is 0 Å². The molecule has 0 aromatic heterocycles. The molecule has 8 heteroatoms. The summed E-state index contributed by atoms with van der Waals surface area (Å²) in [5.74, 6) is -3.42. The molecule has 2 atom stereocenters. The van der Waals surface area contributed by atoms with E-state index in [1.54, 1.807) is 18.2 Å². The summed E-state index contributed by atoms with van der Waals surface area (Å²) in [4.78, 5) is 21.9. The van der Waals surface area contributed by atoms with E-state index in [1.165, 1.54) is 12.1 Å². The highest BCUT2D eigenvalue weighted by Gasteiger charge is 2.51. The lowest BCUT2D eigenvalue weighted by Crippen LogP contribution is -2.59. The van der Waals surface area contributed by atoms with Gasteiger partial charge in [0.05, 0.1) is 0 Å². The molecule has 18 heavy (non-hydrogen) atoms. The van der Waals surface area contributed by atoms with Crippen LogP contribution in [0.5, 0.6) is 0 Å². The third kappa shape index (κ3) is 2.78. The molecule has 0 saturated carbocycles. The van der Waals surface area contributed by atoms with Crippen LogP contribution in [0.15, 0.2) is 30.3 Å². The predicted molar refractivity (Wildman–Crippen MR) is 64.1 cm³/mol. The second-order valence-corrected chi connectivity index (χ2v) is 3.67. The minimum atomic E-state index is -2.53. The number of carbonyl (C=O) groups is 2. The largest absolute Gasteiger partial charge is 0.479 e. The molecule has 0 saturated heterocycles. The molecule has 0 spiro atoms. The van der Waals surface area contributed by atoms with E-state index in [1.807, 2.05) is 0 Å². The van der Waals surface area contributed by atoms with Gasteiger partial charge in [-0.15, -0.1) is 0 Å². The lowest BCUT2D eigenvalue weighted by molar-refractivity contribution is -0.172. The van der Waals surface area contributed by atoms with Crippen molar-refractivity contribution < 1.29 is 28.7 Å². The summed E-state index contributed by atoms with van der Waals surface area (Å²) >= 11 is 2.43. The van der Waals surface area contributed by atoms with E-state index in [2.05, 4.69) is 25.4 Å². The number of carboxylic acid groups (broad SMARTS) is 2. The third-order valence-electron chi connectivity index (χ3n) is 2.16. The summed E-state index contributed by atoms with van der Waals surface area (Å²) in [6.45, 7) is 0. The van der Waals surface area contributed by atoms with Crippen molar-refractivity contribution in [3.05, 3.63) is 30.3 Å². The summed E-state index contributed by atoms with van der Waals surface area (Å²) in [5, 5.41) is 29.6. The summed E-state index contributed by atoms with van der Waals surface area (Å²) in [6, 6.07) is 7.90. The van der Waals surface area contributed by atoms with Crippen LogP contribution in [0.2, 0.25) is 0 Å². The van der Waals surface area contributed by atoms with Gasteiger partial charge in [0.25, 0.3) is 5.72 Å². The van der Waals surface area contributed by atoms with Crippen LogP contribution in [-0.2, 0) is 13.4 Å². The van der Waals surface area contributed by atoms with Gasteiger partial charge < -0.3 is 20.6 Å². The molecule has 0 bridgehead atoms. The van der Waals surface area contributed by atoms with E-state index in [-0.39, 0.29) is 5.69 Å². The Hall–Kier alpha value is -1.64. The van der Waals surface area contributed by atoms with Crippen LogP contribution < -0.4 is 5.32 Å². The van der Waals surface area contributed by atoms with Gasteiger partial charge >= 0.3 is 11.9 Å². The summed E-state index contributed by atoms with van der Waals surface area (Å²) in [6.07, 6.45) is -2.31. The maximum absolute atomic E-state index is 11.2. The van der Waals surface area contributed by atoms with Crippen LogP contribution in [0.25, 0.3) is 0 Å². The van der Waals surface area contributed by atoms with Crippen LogP contribution in [-0.4, -0.2) is 39.1 Å². The molecule has 0 aliphatic rings. The molecule has 98 valence electrons. The molecule has 0 aliphatic carbocycles. The lowest BCUT2D eigenvalue weighted by Gasteiger charge is -2.30. The summed E-state index contributed by atoms with van der Waals surface area (Å²) in [7, 11) is 0. The van der Waals surface area contributed by atoms with Crippen molar-refractivity contribution in [3.63, 3.8) is 0 Å². The van der Waals surface area contributed by atoms with Crippen molar-refractivity contribution in [2.75, 3.05) is 5.32 Å². The Kier molecular flexibility index (Phi) is 4.65. The number of para-hydroxylation sites is 1. The van der Waals surface area contributed by atoms with Gasteiger partial charge in [0.15, 0.2) is 0 Å². The number of aliphatic hydroxyl groups excluding tert-OH is 1. The number of hydrogen-bond donors (Lipinski definition) is 4. The molecule has 4 N–H and O–H groups in total.